The number of halogens is 1. The first kappa shape index (κ1) is 26.1. The fourth-order valence-corrected chi connectivity index (χ4v) is 5.45. The molecule has 0 aliphatic carbocycles. The van der Waals surface area contributed by atoms with Crippen molar-refractivity contribution in [1.29, 1.82) is 0 Å². The monoisotopic (exact) mass is 543 g/mol. The van der Waals surface area contributed by atoms with E-state index in [0.29, 0.717) is 60.6 Å². The SMILES string of the molecule is COc1cc2ncnc(Oc3ccc4c(ccn4C)c3F)c2cc1OCCCN1CCN(S(C)(=O)=O)CC1. The summed E-state index contributed by atoms with van der Waals surface area (Å²) in [5.41, 5.74) is 1.34. The summed E-state index contributed by atoms with van der Waals surface area (Å²) in [6.07, 6.45) is 5.15. The number of fused-ring (bicyclic) bond motifs is 2. The van der Waals surface area contributed by atoms with E-state index in [-0.39, 0.29) is 11.6 Å². The van der Waals surface area contributed by atoms with Crippen LogP contribution >= 0.6 is 0 Å². The molecule has 4 aromatic rings. The highest BCUT2D eigenvalue weighted by molar-refractivity contribution is 7.88. The molecule has 0 radical (unpaired) electrons. The van der Waals surface area contributed by atoms with E-state index in [2.05, 4.69) is 14.9 Å². The third-order valence-electron chi connectivity index (χ3n) is 6.73. The summed E-state index contributed by atoms with van der Waals surface area (Å²) in [5, 5.41) is 1.03. The Hall–Kier alpha value is -3.48. The number of hydrogen-bond acceptors (Lipinski definition) is 8. The van der Waals surface area contributed by atoms with Crippen LogP contribution in [-0.4, -0.2) is 84.9 Å². The molecular formula is C26H30FN5O5S. The maximum Gasteiger partial charge on any atom is 0.230 e. The van der Waals surface area contributed by atoms with E-state index in [1.165, 1.54) is 16.9 Å². The molecule has 1 aliphatic heterocycles. The maximum atomic E-state index is 15.1. The number of rotatable bonds is 9. The molecule has 3 heterocycles. The Bertz CT molecular complexity index is 1570. The van der Waals surface area contributed by atoms with E-state index in [1.807, 2.05) is 11.6 Å². The zero-order valence-electron chi connectivity index (χ0n) is 21.6. The summed E-state index contributed by atoms with van der Waals surface area (Å²) in [6, 6.07) is 8.57. The molecule has 10 nitrogen and oxygen atoms in total. The predicted molar refractivity (Wildman–Crippen MR) is 142 cm³/mol. The summed E-state index contributed by atoms with van der Waals surface area (Å²) in [5.74, 6) is 0.830. The normalized spacial score (nSPS) is 15.3. The van der Waals surface area contributed by atoms with Gasteiger partial charge in [-0.2, -0.15) is 4.31 Å². The number of sulfonamides is 1. The van der Waals surface area contributed by atoms with Gasteiger partial charge in [0.05, 0.1) is 36.4 Å². The van der Waals surface area contributed by atoms with E-state index in [0.717, 1.165) is 18.5 Å². The van der Waals surface area contributed by atoms with Crippen LogP contribution in [0.15, 0.2) is 42.9 Å². The summed E-state index contributed by atoms with van der Waals surface area (Å²) < 4.78 is 59.4. The molecule has 0 unspecified atom stereocenters. The van der Waals surface area contributed by atoms with Crippen molar-refractivity contribution in [3.8, 4) is 23.1 Å². The van der Waals surface area contributed by atoms with Crippen molar-refractivity contribution in [2.45, 2.75) is 6.42 Å². The molecule has 202 valence electrons. The van der Waals surface area contributed by atoms with Gasteiger partial charge < -0.3 is 23.7 Å². The van der Waals surface area contributed by atoms with Gasteiger partial charge >= 0.3 is 0 Å². The molecule has 0 amide bonds. The topological polar surface area (TPSA) is 99.0 Å². The Morgan fingerprint density at radius 2 is 1.79 bits per heavy atom. The van der Waals surface area contributed by atoms with Crippen LogP contribution in [0.3, 0.4) is 0 Å². The Balaban J connectivity index is 1.29. The number of benzene rings is 2. The number of nitrogens with zero attached hydrogens (tertiary/aromatic N) is 5. The fourth-order valence-electron chi connectivity index (χ4n) is 4.63. The van der Waals surface area contributed by atoms with Crippen molar-refractivity contribution in [1.82, 2.24) is 23.7 Å². The van der Waals surface area contributed by atoms with Crippen LogP contribution in [0.1, 0.15) is 6.42 Å². The lowest BCUT2D eigenvalue weighted by Crippen LogP contribution is -2.48. The van der Waals surface area contributed by atoms with E-state index < -0.39 is 15.8 Å². The largest absolute Gasteiger partial charge is 0.493 e. The Kier molecular flexibility index (Phi) is 7.37. The summed E-state index contributed by atoms with van der Waals surface area (Å²) in [7, 11) is 0.264. The number of methoxy groups -OCH3 is 1. The minimum absolute atomic E-state index is 0.0676. The van der Waals surface area contributed by atoms with Crippen LogP contribution in [0.5, 0.6) is 23.1 Å². The minimum Gasteiger partial charge on any atom is -0.493 e. The van der Waals surface area contributed by atoms with E-state index in [4.69, 9.17) is 14.2 Å². The van der Waals surface area contributed by atoms with Gasteiger partial charge in [0.15, 0.2) is 23.1 Å². The molecule has 38 heavy (non-hydrogen) atoms. The van der Waals surface area contributed by atoms with Crippen LogP contribution in [-0.2, 0) is 17.1 Å². The molecule has 0 saturated carbocycles. The molecule has 0 bridgehead atoms. The second-order valence-electron chi connectivity index (χ2n) is 9.24. The second-order valence-corrected chi connectivity index (χ2v) is 11.2. The summed E-state index contributed by atoms with van der Waals surface area (Å²) in [4.78, 5) is 10.8. The third kappa shape index (κ3) is 5.38. The Morgan fingerprint density at radius 3 is 2.53 bits per heavy atom. The summed E-state index contributed by atoms with van der Waals surface area (Å²) in [6.45, 7) is 3.59. The number of piperazine rings is 1. The van der Waals surface area contributed by atoms with Gasteiger partial charge in [-0.25, -0.2) is 22.8 Å². The molecule has 2 aromatic carbocycles. The molecule has 1 saturated heterocycles. The van der Waals surface area contributed by atoms with Gasteiger partial charge in [0.25, 0.3) is 0 Å². The second kappa shape index (κ2) is 10.7. The van der Waals surface area contributed by atoms with Gasteiger partial charge in [0.1, 0.15) is 6.33 Å². The van der Waals surface area contributed by atoms with Crippen molar-refractivity contribution >= 4 is 31.8 Å². The zero-order chi connectivity index (χ0) is 26.9. The fraction of sp³-hybridized carbons (Fsp3) is 0.385. The van der Waals surface area contributed by atoms with Crippen molar-refractivity contribution in [3.63, 3.8) is 0 Å². The lowest BCUT2D eigenvalue weighted by atomic mass is 10.2. The summed E-state index contributed by atoms with van der Waals surface area (Å²) >= 11 is 0. The quantitative estimate of drug-likeness (QED) is 0.296. The lowest BCUT2D eigenvalue weighted by molar-refractivity contribution is 0.174. The molecule has 5 rings (SSSR count). The average molecular weight is 544 g/mol. The molecule has 0 atom stereocenters. The first-order valence-electron chi connectivity index (χ1n) is 12.3. The molecule has 0 spiro atoms. The van der Waals surface area contributed by atoms with Crippen LogP contribution in [0.2, 0.25) is 0 Å². The Labute approximate surface area is 220 Å². The molecule has 2 aromatic heterocycles. The first-order chi connectivity index (χ1) is 18.2. The maximum absolute atomic E-state index is 15.1. The lowest BCUT2D eigenvalue weighted by Gasteiger charge is -2.33. The van der Waals surface area contributed by atoms with Gasteiger partial charge in [-0.15, -0.1) is 0 Å². The molecular weight excluding hydrogens is 513 g/mol. The number of ether oxygens (including phenoxy) is 3. The average Bonchev–Trinajstić information content (AvgIpc) is 3.29. The molecule has 12 heteroatoms. The van der Waals surface area contributed by atoms with Crippen LogP contribution in [0.25, 0.3) is 21.8 Å². The zero-order valence-corrected chi connectivity index (χ0v) is 22.4. The minimum atomic E-state index is -3.15. The smallest absolute Gasteiger partial charge is 0.230 e. The highest BCUT2D eigenvalue weighted by Gasteiger charge is 2.23. The van der Waals surface area contributed by atoms with Crippen molar-refractivity contribution in [2.75, 3.05) is 52.7 Å². The highest BCUT2D eigenvalue weighted by Crippen LogP contribution is 2.37. The van der Waals surface area contributed by atoms with E-state index >= 15 is 4.39 Å². The number of aromatic nitrogens is 3. The van der Waals surface area contributed by atoms with E-state index in [1.54, 1.807) is 43.6 Å². The van der Waals surface area contributed by atoms with Gasteiger partial charge in [-0.1, -0.05) is 0 Å². The van der Waals surface area contributed by atoms with Crippen molar-refractivity contribution in [3.05, 3.63) is 48.7 Å². The number of hydrogen-bond donors (Lipinski definition) is 0. The Morgan fingerprint density at radius 1 is 1.00 bits per heavy atom. The van der Waals surface area contributed by atoms with Crippen LogP contribution in [0, 0.1) is 5.82 Å². The molecule has 1 fully saturated rings. The van der Waals surface area contributed by atoms with Gasteiger partial charge in [-0.05, 0) is 30.7 Å². The van der Waals surface area contributed by atoms with Crippen LogP contribution in [0.4, 0.5) is 4.39 Å². The first-order valence-corrected chi connectivity index (χ1v) is 14.1. The van der Waals surface area contributed by atoms with Gasteiger partial charge in [0.2, 0.25) is 15.9 Å². The third-order valence-corrected chi connectivity index (χ3v) is 8.04. The van der Waals surface area contributed by atoms with Gasteiger partial charge in [0, 0.05) is 57.4 Å². The standard InChI is InChI=1S/C26H30FN5O5S/c1-30-9-7-18-21(30)5-6-22(25(18)27)37-26-19-15-24(23(35-2)16-20(19)28-17-29-26)36-14-4-8-31-10-12-32(13-11-31)38(3,33)34/h5-7,9,15-17H,4,8,10-14H2,1-3H3. The highest BCUT2D eigenvalue weighted by atomic mass is 32.2. The molecule has 0 N–H and O–H groups in total. The van der Waals surface area contributed by atoms with Crippen molar-refractivity contribution in [2.24, 2.45) is 7.05 Å². The molecule has 1 aliphatic rings. The predicted octanol–water partition coefficient (Wildman–Crippen LogP) is 3.41. The van der Waals surface area contributed by atoms with Crippen molar-refractivity contribution < 1.29 is 27.0 Å². The van der Waals surface area contributed by atoms with Gasteiger partial charge in [-0.3, -0.25) is 0 Å². The van der Waals surface area contributed by atoms with Crippen LogP contribution < -0.4 is 14.2 Å². The van der Waals surface area contributed by atoms with E-state index in [9.17, 15) is 8.42 Å². The number of aryl methyl sites for hydroxylation is 1.